The van der Waals surface area contributed by atoms with Crippen molar-refractivity contribution in [3.05, 3.63) is 23.5 Å². The Morgan fingerprint density at radius 2 is 1.62 bits per heavy atom. The molecule has 0 atom stereocenters. The van der Waals surface area contributed by atoms with Gasteiger partial charge in [0.1, 0.15) is 12.4 Å². The van der Waals surface area contributed by atoms with E-state index in [9.17, 15) is 10.2 Å². The van der Waals surface area contributed by atoms with Crippen LogP contribution >= 0.6 is 12.6 Å². The van der Waals surface area contributed by atoms with Gasteiger partial charge in [-0.25, -0.2) is 0 Å². The largest absolute Gasteiger partial charge is 0.492 e. The van der Waals surface area contributed by atoms with Crippen LogP contribution in [-0.2, 0) is 13.2 Å². The molecular weight excluding hydrogens is 326 g/mol. The highest BCUT2D eigenvalue weighted by Crippen LogP contribution is 2.16. The Balaban J connectivity index is 1.74. The number of piperazine rings is 1. The summed E-state index contributed by atoms with van der Waals surface area (Å²) in [6.07, 6.45) is 0. The molecule has 1 aromatic rings. The second-order valence-electron chi connectivity index (χ2n) is 6.88. The third-order valence-electron chi connectivity index (χ3n) is 3.98. The fraction of sp³-hybridized carbons (Fsp3) is 0.706. The summed E-state index contributed by atoms with van der Waals surface area (Å²) in [6, 6.07) is 3.43. The lowest BCUT2D eigenvalue weighted by Crippen LogP contribution is -2.50. The Morgan fingerprint density at radius 1 is 1.08 bits per heavy atom. The van der Waals surface area contributed by atoms with Crippen molar-refractivity contribution in [2.24, 2.45) is 0 Å². The van der Waals surface area contributed by atoms with E-state index in [4.69, 9.17) is 4.74 Å². The van der Waals surface area contributed by atoms with Crippen LogP contribution in [0.2, 0.25) is 0 Å². The van der Waals surface area contributed by atoms with Crippen molar-refractivity contribution in [3.8, 4) is 5.75 Å². The first kappa shape index (κ1) is 19.5. The zero-order valence-electron chi connectivity index (χ0n) is 14.6. The van der Waals surface area contributed by atoms with Gasteiger partial charge in [0.25, 0.3) is 0 Å². The number of aliphatic hydroxyl groups is 2. The fourth-order valence-corrected chi connectivity index (χ4v) is 3.08. The second kappa shape index (κ2) is 9.01. The van der Waals surface area contributed by atoms with Crippen molar-refractivity contribution < 1.29 is 14.9 Å². The van der Waals surface area contributed by atoms with Crippen LogP contribution in [0.3, 0.4) is 0 Å². The quantitative estimate of drug-likeness (QED) is 0.599. The molecule has 1 saturated heterocycles. The summed E-state index contributed by atoms with van der Waals surface area (Å²) in [6.45, 7) is 10.6. The highest BCUT2D eigenvalue weighted by atomic mass is 32.1. The van der Waals surface area contributed by atoms with Crippen molar-refractivity contribution in [1.29, 1.82) is 0 Å². The van der Waals surface area contributed by atoms with E-state index in [0.29, 0.717) is 23.7 Å². The first-order valence-corrected chi connectivity index (χ1v) is 8.86. The number of rotatable bonds is 8. The van der Waals surface area contributed by atoms with Crippen LogP contribution in [0.4, 0.5) is 0 Å². The SMILES string of the molecule is CC(C)(S)CN1CCN(CCOc2cc(CO)nc(CO)c2)CC1. The van der Waals surface area contributed by atoms with Gasteiger partial charge in [0.15, 0.2) is 0 Å². The average molecular weight is 356 g/mol. The van der Waals surface area contributed by atoms with Crippen molar-refractivity contribution in [2.45, 2.75) is 31.8 Å². The van der Waals surface area contributed by atoms with Gasteiger partial charge in [-0.05, 0) is 13.8 Å². The molecule has 0 aromatic carbocycles. The summed E-state index contributed by atoms with van der Waals surface area (Å²) >= 11 is 4.60. The fourth-order valence-electron chi connectivity index (χ4n) is 2.88. The van der Waals surface area contributed by atoms with Gasteiger partial charge in [0, 0.05) is 56.1 Å². The Bertz CT molecular complexity index is 492. The van der Waals surface area contributed by atoms with Crippen molar-refractivity contribution in [2.75, 3.05) is 45.9 Å². The molecule has 1 aliphatic heterocycles. The van der Waals surface area contributed by atoms with Crippen LogP contribution in [-0.4, -0.2) is 75.6 Å². The summed E-state index contributed by atoms with van der Waals surface area (Å²) in [7, 11) is 0. The number of hydrogen-bond donors (Lipinski definition) is 3. The van der Waals surface area contributed by atoms with Gasteiger partial charge in [0.05, 0.1) is 24.6 Å². The lowest BCUT2D eigenvalue weighted by atomic mass is 10.1. The molecule has 1 aromatic heterocycles. The van der Waals surface area contributed by atoms with E-state index < -0.39 is 0 Å². The molecule has 0 spiro atoms. The minimum atomic E-state index is -0.159. The van der Waals surface area contributed by atoms with Gasteiger partial charge in [-0.3, -0.25) is 14.8 Å². The number of aromatic nitrogens is 1. The van der Waals surface area contributed by atoms with Gasteiger partial charge in [-0.15, -0.1) is 0 Å². The maximum absolute atomic E-state index is 9.20. The zero-order valence-corrected chi connectivity index (χ0v) is 15.5. The predicted molar refractivity (Wildman–Crippen MR) is 97.5 cm³/mol. The molecule has 2 heterocycles. The van der Waals surface area contributed by atoms with Crippen LogP contribution in [0.1, 0.15) is 25.2 Å². The number of ether oxygens (including phenoxy) is 1. The summed E-state index contributed by atoms with van der Waals surface area (Å²) in [5.41, 5.74) is 1.03. The molecule has 2 rings (SSSR count). The molecule has 0 radical (unpaired) electrons. The second-order valence-corrected chi connectivity index (χ2v) is 8.09. The first-order chi connectivity index (χ1) is 11.4. The van der Waals surface area contributed by atoms with E-state index in [2.05, 4.69) is 41.3 Å². The van der Waals surface area contributed by atoms with Crippen LogP contribution < -0.4 is 4.74 Å². The van der Waals surface area contributed by atoms with Gasteiger partial charge in [0.2, 0.25) is 0 Å². The molecule has 6 nitrogen and oxygen atoms in total. The minimum absolute atomic E-state index is 0.0431. The van der Waals surface area contributed by atoms with E-state index in [-0.39, 0.29) is 18.0 Å². The molecule has 0 aliphatic carbocycles. The molecule has 0 bridgehead atoms. The Hall–Kier alpha value is -0.860. The molecule has 0 unspecified atom stereocenters. The topological polar surface area (TPSA) is 69.1 Å². The average Bonchev–Trinajstić information content (AvgIpc) is 2.54. The molecular formula is C17H29N3O3S. The smallest absolute Gasteiger partial charge is 0.123 e. The van der Waals surface area contributed by atoms with E-state index in [1.54, 1.807) is 12.1 Å². The highest BCUT2D eigenvalue weighted by molar-refractivity contribution is 7.81. The Labute approximate surface area is 149 Å². The number of pyridine rings is 1. The molecule has 24 heavy (non-hydrogen) atoms. The van der Waals surface area contributed by atoms with E-state index in [1.807, 2.05) is 0 Å². The van der Waals surface area contributed by atoms with E-state index in [1.165, 1.54) is 0 Å². The predicted octanol–water partition coefficient (Wildman–Crippen LogP) is 0.771. The standard InChI is InChI=1S/C17H29N3O3S/c1-17(2,24)13-20-5-3-19(4-6-20)7-8-23-16-9-14(11-21)18-15(10-16)12-22/h9-10,21-22,24H,3-8,11-13H2,1-2H3. The van der Waals surface area contributed by atoms with Crippen molar-refractivity contribution in [1.82, 2.24) is 14.8 Å². The van der Waals surface area contributed by atoms with Crippen LogP contribution in [0.25, 0.3) is 0 Å². The Morgan fingerprint density at radius 3 is 2.12 bits per heavy atom. The Kier molecular flexibility index (Phi) is 7.31. The highest BCUT2D eigenvalue weighted by Gasteiger charge is 2.21. The van der Waals surface area contributed by atoms with Gasteiger partial charge in [-0.2, -0.15) is 12.6 Å². The van der Waals surface area contributed by atoms with Crippen LogP contribution in [0, 0.1) is 0 Å². The third kappa shape index (κ3) is 6.57. The van der Waals surface area contributed by atoms with Gasteiger partial charge in [-0.1, -0.05) is 0 Å². The first-order valence-electron chi connectivity index (χ1n) is 8.41. The summed E-state index contributed by atoms with van der Waals surface area (Å²) in [4.78, 5) is 8.95. The molecule has 2 N–H and O–H groups in total. The zero-order chi connectivity index (χ0) is 17.6. The summed E-state index contributed by atoms with van der Waals surface area (Å²) in [5, 5.41) is 18.4. The number of hydrogen-bond acceptors (Lipinski definition) is 7. The lowest BCUT2D eigenvalue weighted by Gasteiger charge is -2.37. The molecule has 0 saturated carbocycles. The normalized spacial score (nSPS) is 17.2. The summed E-state index contributed by atoms with van der Waals surface area (Å²) < 4.78 is 5.81. The maximum Gasteiger partial charge on any atom is 0.123 e. The lowest BCUT2D eigenvalue weighted by molar-refractivity contribution is 0.112. The van der Waals surface area contributed by atoms with Gasteiger partial charge < -0.3 is 14.9 Å². The van der Waals surface area contributed by atoms with Crippen molar-refractivity contribution >= 4 is 12.6 Å². The molecule has 1 aliphatic rings. The van der Waals surface area contributed by atoms with Crippen molar-refractivity contribution in [3.63, 3.8) is 0 Å². The number of aliphatic hydroxyl groups excluding tert-OH is 2. The maximum atomic E-state index is 9.20. The number of thiol groups is 1. The third-order valence-corrected chi connectivity index (χ3v) is 4.12. The minimum Gasteiger partial charge on any atom is -0.492 e. The molecule has 0 amide bonds. The van der Waals surface area contributed by atoms with Crippen LogP contribution in [0.5, 0.6) is 5.75 Å². The molecule has 1 fully saturated rings. The molecule has 7 heteroatoms. The van der Waals surface area contributed by atoms with Crippen LogP contribution in [0.15, 0.2) is 12.1 Å². The van der Waals surface area contributed by atoms with Gasteiger partial charge >= 0.3 is 0 Å². The monoisotopic (exact) mass is 355 g/mol. The molecule has 136 valence electrons. The number of nitrogens with zero attached hydrogens (tertiary/aromatic N) is 3. The summed E-state index contributed by atoms with van der Waals surface area (Å²) in [5.74, 6) is 0.647. The van der Waals surface area contributed by atoms with E-state index in [0.717, 1.165) is 39.3 Å². The van der Waals surface area contributed by atoms with E-state index >= 15 is 0 Å².